The maximum absolute atomic E-state index is 11.8. The van der Waals surface area contributed by atoms with Gasteiger partial charge in [0.05, 0.1) is 23.3 Å². The van der Waals surface area contributed by atoms with Crippen LogP contribution in [0.1, 0.15) is 16.1 Å². The van der Waals surface area contributed by atoms with Crippen molar-refractivity contribution in [1.29, 1.82) is 0 Å². The number of aromatic nitrogens is 2. The normalized spacial score (nSPS) is 10.2. The maximum Gasteiger partial charge on any atom is 0.255 e. The van der Waals surface area contributed by atoms with Gasteiger partial charge in [0.15, 0.2) is 0 Å². The van der Waals surface area contributed by atoms with Crippen molar-refractivity contribution >= 4 is 39.0 Å². The van der Waals surface area contributed by atoms with Crippen LogP contribution in [0.15, 0.2) is 27.6 Å². The minimum absolute atomic E-state index is 0.212. The number of nitrogens with one attached hydrogen (secondary N) is 1. The zero-order valence-electron chi connectivity index (χ0n) is 8.68. The Hall–Kier alpha value is -1.47. The average Bonchev–Trinajstić information content (AvgIpc) is 2.82. The highest BCUT2D eigenvalue weighted by Gasteiger charge is 2.11. The van der Waals surface area contributed by atoms with Crippen LogP contribution in [-0.4, -0.2) is 15.9 Å². The summed E-state index contributed by atoms with van der Waals surface area (Å²) in [6, 6.07) is 1.64. The van der Waals surface area contributed by atoms with Crippen molar-refractivity contribution in [3.8, 4) is 0 Å². The van der Waals surface area contributed by atoms with Crippen LogP contribution in [0.25, 0.3) is 0 Å². The predicted octanol–water partition coefficient (Wildman–Crippen LogP) is 1.81. The van der Waals surface area contributed by atoms with Crippen LogP contribution in [0.2, 0.25) is 0 Å². The second kappa shape index (κ2) is 5.24. The molecular weight excluding hydrogens is 304 g/mol. The van der Waals surface area contributed by atoms with Crippen LogP contribution in [0, 0.1) is 0 Å². The van der Waals surface area contributed by atoms with Crippen molar-refractivity contribution in [1.82, 2.24) is 15.3 Å². The van der Waals surface area contributed by atoms with Gasteiger partial charge >= 0.3 is 0 Å². The van der Waals surface area contributed by atoms with Crippen LogP contribution in [0.5, 0.6) is 0 Å². The quantitative estimate of drug-likeness (QED) is 0.905. The Morgan fingerprint density at radius 3 is 3.06 bits per heavy atom. The van der Waals surface area contributed by atoms with E-state index in [0.717, 1.165) is 5.69 Å². The van der Waals surface area contributed by atoms with Gasteiger partial charge in [0, 0.05) is 16.0 Å². The Morgan fingerprint density at radius 1 is 1.53 bits per heavy atom. The minimum Gasteiger partial charge on any atom is -0.383 e. The largest absolute Gasteiger partial charge is 0.383 e. The molecule has 0 aliphatic carbocycles. The first kappa shape index (κ1) is 12.0. The minimum atomic E-state index is -0.260. The molecule has 0 spiro atoms. The molecule has 0 saturated heterocycles. The molecule has 7 heteroatoms. The number of halogens is 1. The van der Waals surface area contributed by atoms with E-state index in [1.54, 1.807) is 17.8 Å². The van der Waals surface area contributed by atoms with Gasteiger partial charge in [-0.1, -0.05) is 0 Å². The zero-order valence-corrected chi connectivity index (χ0v) is 11.1. The molecule has 17 heavy (non-hydrogen) atoms. The first-order valence-electron chi connectivity index (χ1n) is 4.73. The van der Waals surface area contributed by atoms with E-state index in [0.29, 0.717) is 16.6 Å². The van der Waals surface area contributed by atoms with E-state index >= 15 is 0 Å². The van der Waals surface area contributed by atoms with Gasteiger partial charge in [0.1, 0.15) is 5.82 Å². The van der Waals surface area contributed by atoms with E-state index in [9.17, 15) is 4.79 Å². The molecule has 0 unspecified atom stereocenters. The summed E-state index contributed by atoms with van der Waals surface area (Å²) in [5.41, 5.74) is 8.53. The number of hydrogen-bond acceptors (Lipinski definition) is 5. The van der Waals surface area contributed by atoms with E-state index in [1.165, 1.54) is 11.3 Å². The number of hydrogen-bond donors (Lipinski definition) is 2. The van der Waals surface area contributed by atoms with Crippen molar-refractivity contribution in [2.45, 2.75) is 6.54 Å². The second-order valence-corrected chi connectivity index (χ2v) is 4.88. The van der Waals surface area contributed by atoms with Crippen molar-refractivity contribution in [3.05, 3.63) is 38.9 Å². The van der Waals surface area contributed by atoms with E-state index in [1.807, 2.05) is 5.38 Å². The second-order valence-electron chi connectivity index (χ2n) is 3.25. The van der Waals surface area contributed by atoms with Gasteiger partial charge in [0.25, 0.3) is 5.91 Å². The molecule has 2 aromatic rings. The van der Waals surface area contributed by atoms with Crippen LogP contribution < -0.4 is 11.1 Å². The number of pyridine rings is 1. The Balaban J connectivity index is 2.07. The third-order valence-electron chi connectivity index (χ3n) is 2.04. The molecule has 0 radical (unpaired) electrons. The molecule has 5 nitrogen and oxygen atoms in total. The number of nitrogens with zero attached hydrogens (tertiary/aromatic N) is 2. The lowest BCUT2D eigenvalue weighted by Crippen LogP contribution is -2.24. The maximum atomic E-state index is 11.8. The summed E-state index contributed by atoms with van der Waals surface area (Å²) in [5, 5.41) is 4.61. The molecular formula is C10H9BrN4OS. The van der Waals surface area contributed by atoms with Gasteiger partial charge in [-0.15, -0.1) is 11.3 Å². The molecule has 0 fully saturated rings. The third kappa shape index (κ3) is 3.01. The first-order chi connectivity index (χ1) is 8.16. The van der Waals surface area contributed by atoms with Gasteiger partial charge in [-0.2, -0.15) is 0 Å². The van der Waals surface area contributed by atoms with Crippen LogP contribution >= 0.6 is 27.3 Å². The molecule has 0 atom stereocenters. The fourth-order valence-electron chi connectivity index (χ4n) is 1.22. The molecule has 0 aromatic carbocycles. The number of carbonyl (C=O) groups is 1. The number of thiazole rings is 1. The summed E-state index contributed by atoms with van der Waals surface area (Å²) in [4.78, 5) is 19.8. The van der Waals surface area contributed by atoms with E-state index in [-0.39, 0.29) is 11.7 Å². The predicted molar refractivity (Wildman–Crippen MR) is 69.6 cm³/mol. The fourth-order valence-corrected chi connectivity index (χ4v) is 2.11. The highest BCUT2D eigenvalue weighted by atomic mass is 79.9. The molecule has 0 saturated carbocycles. The lowest BCUT2D eigenvalue weighted by molar-refractivity contribution is 0.0951. The smallest absolute Gasteiger partial charge is 0.255 e. The van der Waals surface area contributed by atoms with Crippen LogP contribution in [-0.2, 0) is 6.54 Å². The summed E-state index contributed by atoms with van der Waals surface area (Å²) in [6.45, 7) is 0.383. The van der Waals surface area contributed by atoms with Gasteiger partial charge in [-0.3, -0.25) is 4.79 Å². The Bertz CT molecular complexity index is 529. The average molecular weight is 313 g/mol. The highest BCUT2D eigenvalue weighted by Crippen LogP contribution is 2.15. The fraction of sp³-hybridized carbons (Fsp3) is 0.100. The summed E-state index contributed by atoms with van der Waals surface area (Å²) in [7, 11) is 0. The van der Waals surface area contributed by atoms with Crippen LogP contribution in [0.4, 0.5) is 5.82 Å². The molecule has 2 aromatic heterocycles. The Morgan fingerprint density at radius 2 is 2.35 bits per heavy atom. The standard InChI is InChI=1S/C10H9BrN4OS/c11-6-1-8(9(12)13-2-6)10(16)14-3-7-4-17-5-15-7/h1-2,4-5H,3H2,(H2,12,13)(H,14,16). The molecule has 1 amide bonds. The van der Waals surface area contributed by atoms with Crippen LogP contribution in [0.3, 0.4) is 0 Å². The lowest BCUT2D eigenvalue weighted by atomic mass is 10.2. The van der Waals surface area contributed by atoms with Gasteiger partial charge in [-0.05, 0) is 22.0 Å². The SMILES string of the molecule is Nc1ncc(Br)cc1C(=O)NCc1cscn1. The van der Waals surface area contributed by atoms with Gasteiger partial charge in [0.2, 0.25) is 0 Å². The molecule has 0 aliphatic rings. The summed E-state index contributed by atoms with van der Waals surface area (Å²) < 4.78 is 0.713. The highest BCUT2D eigenvalue weighted by molar-refractivity contribution is 9.10. The third-order valence-corrected chi connectivity index (χ3v) is 3.11. The van der Waals surface area contributed by atoms with Crippen molar-refractivity contribution in [2.24, 2.45) is 0 Å². The number of nitrogen functional groups attached to an aromatic ring is 1. The van der Waals surface area contributed by atoms with E-state index in [4.69, 9.17) is 5.73 Å². The van der Waals surface area contributed by atoms with Crippen molar-refractivity contribution < 1.29 is 4.79 Å². The lowest BCUT2D eigenvalue weighted by Gasteiger charge is -2.05. The molecule has 2 heterocycles. The number of rotatable bonds is 3. The van der Waals surface area contributed by atoms with E-state index in [2.05, 4.69) is 31.2 Å². The summed E-state index contributed by atoms with van der Waals surface area (Å²) >= 11 is 4.73. The zero-order chi connectivity index (χ0) is 12.3. The van der Waals surface area contributed by atoms with Gasteiger partial charge in [-0.25, -0.2) is 9.97 Å². The molecule has 2 rings (SSSR count). The molecule has 3 N–H and O–H groups in total. The number of anilines is 1. The summed E-state index contributed by atoms with van der Waals surface area (Å²) in [5.74, 6) is -0.0479. The van der Waals surface area contributed by atoms with E-state index < -0.39 is 0 Å². The monoisotopic (exact) mass is 312 g/mol. The van der Waals surface area contributed by atoms with Crippen molar-refractivity contribution in [2.75, 3.05) is 5.73 Å². The Kier molecular flexibility index (Phi) is 3.70. The number of carbonyl (C=O) groups excluding carboxylic acids is 1. The van der Waals surface area contributed by atoms with Crippen molar-refractivity contribution in [3.63, 3.8) is 0 Å². The topological polar surface area (TPSA) is 80.9 Å². The van der Waals surface area contributed by atoms with Gasteiger partial charge < -0.3 is 11.1 Å². The summed E-state index contributed by atoms with van der Waals surface area (Å²) in [6.07, 6.45) is 1.55. The Labute approximate surface area is 110 Å². The first-order valence-corrected chi connectivity index (χ1v) is 6.46. The number of amides is 1. The molecule has 0 aliphatic heterocycles. The molecule has 88 valence electrons. The number of nitrogens with two attached hydrogens (primary N) is 1. The molecule has 0 bridgehead atoms.